The van der Waals surface area contributed by atoms with Crippen molar-refractivity contribution in [2.75, 3.05) is 19.8 Å². The van der Waals surface area contributed by atoms with Gasteiger partial charge in [-0.25, -0.2) is 0 Å². The van der Waals surface area contributed by atoms with Crippen LogP contribution in [0.1, 0.15) is 30.4 Å². The van der Waals surface area contributed by atoms with E-state index in [2.05, 4.69) is 0 Å². The normalized spacial score (nSPS) is 16.9. The van der Waals surface area contributed by atoms with Gasteiger partial charge in [-0.2, -0.15) is 13.2 Å². The number of nitrogens with two attached hydrogens (primary N) is 1. The van der Waals surface area contributed by atoms with Gasteiger partial charge in [-0.1, -0.05) is 6.92 Å². The molecule has 1 aromatic rings. The highest BCUT2D eigenvalue weighted by atomic mass is 19.4. The quantitative estimate of drug-likeness (QED) is 0.902. The molecule has 0 saturated heterocycles. The standard InChI is InChI=1S/C13H16F3NO2/c1-8(7-17)9-5-11-12(19-4-2-3-18-11)6-10(9)13(14,15)16/h5-6,8H,2-4,7,17H2,1H3. The van der Waals surface area contributed by atoms with Gasteiger partial charge in [0.15, 0.2) is 11.5 Å². The fourth-order valence-electron chi connectivity index (χ4n) is 2.00. The smallest absolute Gasteiger partial charge is 0.416 e. The van der Waals surface area contributed by atoms with Gasteiger partial charge in [0.25, 0.3) is 0 Å². The molecule has 2 N–H and O–H groups in total. The predicted octanol–water partition coefficient (Wildman–Crippen LogP) is 2.93. The molecule has 1 unspecified atom stereocenters. The molecule has 1 aliphatic rings. The summed E-state index contributed by atoms with van der Waals surface area (Å²) in [5.74, 6) is 0.118. The molecule has 0 aliphatic carbocycles. The first-order valence-electron chi connectivity index (χ1n) is 6.14. The summed E-state index contributed by atoms with van der Waals surface area (Å²) in [6.45, 7) is 2.60. The largest absolute Gasteiger partial charge is 0.490 e. The van der Waals surface area contributed by atoms with Crippen LogP contribution < -0.4 is 15.2 Å². The van der Waals surface area contributed by atoms with E-state index in [0.29, 0.717) is 25.4 Å². The maximum Gasteiger partial charge on any atom is 0.416 e. The van der Waals surface area contributed by atoms with Crippen LogP contribution >= 0.6 is 0 Å². The minimum atomic E-state index is -4.43. The molecule has 19 heavy (non-hydrogen) atoms. The topological polar surface area (TPSA) is 44.5 Å². The summed E-state index contributed by atoms with van der Waals surface area (Å²) in [6, 6.07) is 2.42. The second-order valence-corrected chi connectivity index (χ2v) is 4.57. The average molecular weight is 275 g/mol. The Labute approximate surface area is 109 Å². The van der Waals surface area contributed by atoms with Crippen molar-refractivity contribution >= 4 is 0 Å². The molecule has 1 aromatic carbocycles. The molecule has 0 saturated carbocycles. The van der Waals surface area contributed by atoms with Gasteiger partial charge in [0, 0.05) is 6.42 Å². The first-order chi connectivity index (χ1) is 8.93. The zero-order valence-electron chi connectivity index (χ0n) is 10.6. The van der Waals surface area contributed by atoms with Gasteiger partial charge in [0.2, 0.25) is 0 Å². The molecule has 1 heterocycles. The number of hydrogen-bond acceptors (Lipinski definition) is 3. The van der Waals surface area contributed by atoms with Crippen LogP contribution in [0.5, 0.6) is 11.5 Å². The molecule has 0 spiro atoms. The number of fused-ring (bicyclic) bond motifs is 1. The van der Waals surface area contributed by atoms with Crippen molar-refractivity contribution in [2.45, 2.75) is 25.4 Å². The number of halogens is 3. The number of benzene rings is 1. The van der Waals surface area contributed by atoms with E-state index < -0.39 is 17.7 Å². The Kier molecular flexibility index (Phi) is 3.89. The lowest BCUT2D eigenvalue weighted by Crippen LogP contribution is -2.16. The number of ether oxygens (including phenoxy) is 2. The van der Waals surface area contributed by atoms with Gasteiger partial charge in [-0.15, -0.1) is 0 Å². The van der Waals surface area contributed by atoms with Crippen LogP contribution in [0.25, 0.3) is 0 Å². The molecular weight excluding hydrogens is 259 g/mol. The second kappa shape index (κ2) is 5.28. The zero-order valence-corrected chi connectivity index (χ0v) is 10.6. The highest BCUT2D eigenvalue weighted by molar-refractivity contribution is 5.50. The SMILES string of the molecule is CC(CN)c1cc2c(cc1C(F)(F)F)OCCCO2. The Morgan fingerprint density at radius 3 is 2.32 bits per heavy atom. The van der Waals surface area contributed by atoms with Crippen LogP contribution in [0, 0.1) is 0 Å². The molecule has 2 rings (SSSR count). The van der Waals surface area contributed by atoms with Crippen molar-refractivity contribution in [3.05, 3.63) is 23.3 Å². The Bertz CT molecular complexity index is 460. The lowest BCUT2D eigenvalue weighted by atomic mass is 9.94. The van der Waals surface area contributed by atoms with Gasteiger partial charge in [-0.3, -0.25) is 0 Å². The van der Waals surface area contributed by atoms with Crippen LogP contribution in [-0.4, -0.2) is 19.8 Å². The van der Waals surface area contributed by atoms with Crippen LogP contribution in [0.4, 0.5) is 13.2 Å². The number of rotatable bonds is 2. The number of alkyl halides is 3. The third kappa shape index (κ3) is 2.94. The summed E-state index contributed by atoms with van der Waals surface area (Å²) in [4.78, 5) is 0. The summed E-state index contributed by atoms with van der Waals surface area (Å²) in [5.41, 5.74) is 4.94. The van der Waals surface area contributed by atoms with Crippen molar-refractivity contribution < 1.29 is 22.6 Å². The van der Waals surface area contributed by atoms with Gasteiger partial charge >= 0.3 is 6.18 Å². The molecule has 1 atom stereocenters. The zero-order chi connectivity index (χ0) is 14.0. The minimum absolute atomic E-state index is 0.142. The van der Waals surface area contributed by atoms with Crippen molar-refractivity contribution in [1.82, 2.24) is 0 Å². The van der Waals surface area contributed by atoms with E-state index in [9.17, 15) is 13.2 Å². The van der Waals surface area contributed by atoms with Crippen LogP contribution in [0.2, 0.25) is 0 Å². The first kappa shape index (κ1) is 14.0. The van der Waals surface area contributed by atoms with E-state index in [1.54, 1.807) is 6.92 Å². The molecule has 0 amide bonds. The lowest BCUT2D eigenvalue weighted by Gasteiger charge is -2.20. The molecular formula is C13H16F3NO2. The molecule has 1 aliphatic heterocycles. The summed E-state index contributed by atoms with van der Waals surface area (Å²) in [6.07, 6.45) is -3.78. The van der Waals surface area contributed by atoms with Gasteiger partial charge < -0.3 is 15.2 Å². The molecule has 0 fully saturated rings. The van der Waals surface area contributed by atoms with E-state index >= 15 is 0 Å². The third-order valence-electron chi connectivity index (χ3n) is 3.11. The molecule has 0 bridgehead atoms. The summed E-state index contributed by atoms with van der Waals surface area (Å²) >= 11 is 0. The Morgan fingerprint density at radius 1 is 1.21 bits per heavy atom. The van der Waals surface area contributed by atoms with Crippen LogP contribution in [0.3, 0.4) is 0 Å². The Balaban J connectivity index is 2.54. The average Bonchev–Trinajstić information content (AvgIpc) is 2.59. The fourth-order valence-corrected chi connectivity index (χ4v) is 2.00. The highest BCUT2D eigenvalue weighted by Crippen LogP contribution is 2.42. The van der Waals surface area contributed by atoms with Gasteiger partial charge in [0.05, 0.1) is 18.8 Å². The molecule has 0 radical (unpaired) electrons. The first-order valence-corrected chi connectivity index (χ1v) is 6.14. The maximum absolute atomic E-state index is 13.1. The summed E-state index contributed by atoms with van der Waals surface area (Å²) in [5, 5.41) is 0. The Morgan fingerprint density at radius 2 is 1.79 bits per heavy atom. The molecule has 3 nitrogen and oxygen atoms in total. The second-order valence-electron chi connectivity index (χ2n) is 4.57. The fraction of sp³-hybridized carbons (Fsp3) is 0.538. The molecule has 106 valence electrons. The van der Waals surface area contributed by atoms with Crippen LogP contribution in [0.15, 0.2) is 12.1 Å². The van der Waals surface area contributed by atoms with Crippen molar-refractivity contribution in [3.63, 3.8) is 0 Å². The van der Waals surface area contributed by atoms with Crippen LogP contribution in [-0.2, 0) is 6.18 Å². The van der Waals surface area contributed by atoms with Gasteiger partial charge in [0.1, 0.15) is 0 Å². The maximum atomic E-state index is 13.1. The number of hydrogen-bond donors (Lipinski definition) is 1. The van der Waals surface area contributed by atoms with E-state index in [-0.39, 0.29) is 17.9 Å². The van der Waals surface area contributed by atoms with Crippen molar-refractivity contribution in [2.24, 2.45) is 5.73 Å². The molecule has 0 aromatic heterocycles. The van der Waals surface area contributed by atoms with E-state index in [4.69, 9.17) is 15.2 Å². The predicted molar refractivity (Wildman–Crippen MR) is 64.5 cm³/mol. The summed E-state index contributed by atoms with van der Waals surface area (Å²) < 4.78 is 50.0. The highest BCUT2D eigenvalue weighted by Gasteiger charge is 2.36. The Hall–Kier alpha value is -1.43. The van der Waals surface area contributed by atoms with E-state index in [1.165, 1.54) is 6.07 Å². The van der Waals surface area contributed by atoms with Gasteiger partial charge in [-0.05, 0) is 30.2 Å². The third-order valence-corrected chi connectivity index (χ3v) is 3.11. The summed E-state index contributed by atoms with van der Waals surface area (Å²) in [7, 11) is 0. The monoisotopic (exact) mass is 275 g/mol. The van der Waals surface area contributed by atoms with Crippen molar-refractivity contribution in [3.8, 4) is 11.5 Å². The minimum Gasteiger partial charge on any atom is -0.490 e. The molecule has 6 heteroatoms. The van der Waals surface area contributed by atoms with E-state index in [0.717, 1.165) is 6.07 Å². The van der Waals surface area contributed by atoms with Crippen molar-refractivity contribution in [1.29, 1.82) is 0 Å². The lowest BCUT2D eigenvalue weighted by molar-refractivity contribution is -0.138. The van der Waals surface area contributed by atoms with E-state index in [1.807, 2.05) is 0 Å².